The normalized spacial score (nSPS) is 9.96. The molecule has 28 heavy (non-hydrogen) atoms. The second-order valence-corrected chi connectivity index (χ2v) is 5.94. The van der Waals surface area contributed by atoms with E-state index in [4.69, 9.17) is 10.5 Å². The fourth-order valence-corrected chi connectivity index (χ4v) is 2.72. The first-order valence-corrected chi connectivity index (χ1v) is 8.49. The number of carbonyl (C=O) groups is 2. The lowest BCUT2D eigenvalue weighted by atomic mass is 9.95. The maximum absolute atomic E-state index is 12.8. The third kappa shape index (κ3) is 4.34. The van der Waals surface area contributed by atoms with Crippen LogP contribution < -0.4 is 15.8 Å². The van der Waals surface area contributed by atoms with Crippen molar-refractivity contribution >= 4 is 17.5 Å². The van der Waals surface area contributed by atoms with E-state index in [1.54, 1.807) is 48.5 Å². The molecular formula is C22H17N3O3. The van der Waals surface area contributed by atoms with Crippen molar-refractivity contribution in [2.75, 3.05) is 11.9 Å². The van der Waals surface area contributed by atoms with Crippen molar-refractivity contribution in [1.82, 2.24) is 0 Å². The summed E-state index contributed by atoms with van der Waals surface area (Å²) in [5, 5.41) is 12.2. The van der Waals surface area contributed by atoms with Gasteiger partial charge in [0.25, 0.3) is 11.8 Å². The third-order valence-corrected chi connectivity index (χ3v) is 4.00. The largest absolute Gasteiger partial charge is 0.484 e. The van der Waals surface area contributed by atoms with Crippen LogP contribution in [0.25, 0.3) is 11.1 Å². The van der Waals surface area contributed by atoms with Gasteiger partial charge in [-0.05, 0) is 42.0 Å². The summed E-state index contributed by atoms with van der Waals surface area (Å²) in [4.78, 5) is 23.6. The van der Waals surface area contributed by atoms with Crippen molar-refractivity contribution in [2.45, 2.75) is 0 Å². The van der Waals surface area contributed by atoms with Gasteiger partial charge in [-0.15, -0.1) is 0 Å². The summed E-state index contributed by atoms with van der Waals surface area (Å²) in [7, 11) is 0. The van der Waals surface area contributed by atoms with Gasteiger partial charge >= 0.3 is 0 Å². The van der Waals surface area contributed by atoms with E-state index in [9.17, 15) is 14.9 Å². The number of nitrogens with two attached hydrogens (primary N) is 1. The maximum Gasteiger partial charge on any atom is 0.256 e. The summed E-state index contributed by atoms with van der Waals surface area (Å²) in [5.74, 6) is -0.388. The average Bonchev–Trinajstić information content (AvgIpc) is 2.73. The fraction of sp³-hybridized carbons (Fsp3) is 0.0455. The number of nitrogens with one attached hydrogen (secondary N) is 1. The summed E-state index contributed by atoms with van der Waals surface area (Å²) < 4.78 is 5.20. The Morgan fingerprint density at radius 2 is 1.57 bits per heavy atom. The number of nitrogens with zero attached hydrogens (tertiary/aromatic N) is 1. The van der Waals surface area contributed by atoms with Crippen LogP contribution in [-0.2, 0) is 4.79 Å². The van der Waals surface area contributed by atoms with Crippen LogP contribution in [-0.4, -0.2) is 18.4 Å². The Morgan fingerprint density at radius 3 is 2.25 bits per heavy atom. The Labute approximate surface area is 162 Å². The van der Waals surface area contributed by atoms with E-state index in [-0.39, 0.29) is 12.5 Å². The van der Waals surface area contributed by atoms with Crippen LogP contribution in [0.5, 0.6) is 5.75 Å². The van der Waals surface area contributed by atoms with E-state index in [0.717, 1.165) is 0 Å². The zero-order valence-corrected chi connectivity index (χ0v) is 14.9. The Hall–Kier alpha value is -4.11. The van der Waals surface area contributed by atoms with Gasteiger partial charge < -0.3 is 15.8 Å². The summed E-state index contributed by atoms with van der Waals surface area (Å²) in [5.41, 5.74) is 7.95. The highest BCUT2D eigenvalue weighted by Crippen LogP contribution is 2.27. The number of anilines is 1. The van der Waals surface area contributed by atoms with Crippen molar-refractivity contribution in [1.29, 1.82) is 5.26 Å². The topological polar surface area (TPSA) is 105 Å². The van der Waals surface area contributed by atoms with Gasteiger partial charge in [-0.1, -0.05) is 36.4 Å². The van der Waals surface area contributed by atoms with E-state index < -0.39 is 5.91 Å². The summed E-state index contributed by atoms with van der Waals surface area (Å²) in [6.45, 7) is -0.211. The lowest BCUT2D eigenvalue weighted by Gasteiger charge is -2.12. The van der Waals surface area contributed by atoms with Crippen molar-refractivity contribution in [3.63, 3.8) is 0 Å². The van der Waals surface area contributed by atoms with Crippen LogP contribution in [0.2, 0.25) is 0 Å². The minimum absolute atomic E-state index is 0.211. The molecule has 138 valence electrons. The van der Waals surface area contributed by atoms with Crippen LogP contribution in [0.1, 0.15) is 15.9 Å². The van der Waals surface area contributed by atoms with Crippen molar-refractivity contribution in [3.8, 4) is 22.9 Å². The molecule has 6 nitrogen and oxygen atoms in total. The zero-order valence-electron chi connectivity index (χ0n) is 14.9. The van der Waals surface area contributed by atoms with Crippen molar-refractivity contribution < 1.29 is 14.3 Å². The molecule has 0 heterocycles. The molecule has 0 aromatic heterocycles. The highest BCUT2D eigenvalue weighted by molar-refractivity contribution is 6.09. The summed E-state index contributed by atoms with van der Waals surface area (Å²) in [6, 6.07) is 23.0. The molecule has 0 spiro atoms. The molecule has 3 rings (SSSR count). The SMILES string of the molecule is N#Cc1ccccc1-c1ccccc1C(=O)Nc1ccc(OCC(N)=O)cc1. The van der Waals surface area contributed by atoms with Crippen molar-refractivity contribution in [2.24, 2.45) is 5.73 Å². The second-order valence-electron chi connectivity index (χ2n) is 5.94. The molecule has 0 saturated heterocycles. The molecule has 0 aliphatic carbocycles. The molecule has 0 fully saturated rings. The first-order valence-electron chi connectivity index (χ1n) is 8.49. The first-order chi connectivity index (χ1) is 13.6. The average molecular weight is 371 g/mol. The number of amides is 2. The molecular weight excluding hydrogens is 354 g/mol. The molecule has 0 unspecified atom stereocenters. The minimum atomic E-state index is -0.563. The van der Waals surface area contributed by atoms with Gasteiger partial charge in [0.1, 0.15) is 5.75 Å². The lowest BCUT2D eigenvalue weighted by molar-refractivity contribution is -0.119. The number of hydrogen-bond acceptors (Lipinski definition) is 4. The first kappa shape index (κ1) is 18.7. The monoisotopic (exact) mass is 371 g/mol. The van der Waals surface area contributed by atoms with Crippen LogP contribution >= 0.6 is 0 Å². The highest BCUT2D eigenvalue weighted by atomic mass is 16.5. The van der Waals surface area contributed by atoms with E-state index in [0.29, 0.717) is 33.7 Å². The van der Waals surface area contributed by atoms with Gasteiger partial charge in [0.05, 0.1) is 11.6 Å². The summed E-state index contributed by atoms with van der Waals surface area (Å²) >= 11 is 0. The number of carbonyl (C=O) groups excluding carboxylic acids is 2. The molecule has 6 heteroatoms. The molecule has 0 saturated carbocycles. The van der Waals surface area contributed by atoms with Gasteiger partial charge in [0.2, 0.25) is 0 Å². The van der Waals surface area contributed by atoms with Gasteiger partial charge in [0, 0.05) is 16.8 Å². The van der Waals surface area contributed by atoms with Crippen LogP contribution in [0, 0.1) is 11.3 Å². The number of benzene rings is 3. The number of rotatable bonds is 6. The predicted molar refractivity (Wildman–Crippen MR) is 106 cm³/mol. The third-order valence-electron chi connectivity index (χ3n) is 4.00. The lowest BCUT2D eigenvalue weighted by Crippen LogP contribution is -2.20. The smallest absolute Gasteiger partial charge is 0.256 e. The Morgan fingerprint density at radius 1 is 0.929 bits per heavy atom. The van der Waals surface area contributed by atoms with E-state index in [1.807, 2.05) is 24.3 Å². The molecule has 3 aromatic carbocycles. The Kier molecular flexibility index (Phi) is 5.68. The van der Waals surface area contributed by atoms with Crippen LogP contribution in [0.4, 0.5) is 5.69 Å². The van der Waals surface area contributed by atoms with E-state index >= 15 is 0 Å². The van der Waals surface area contributed by atoms with Crippen LogP contribution in [0.3, 0.4) is 0 Å². The maximum atomic E-state index is 12.8. The van der Waals surface area contributed by atoms with Crippen molar-refractivity contribution in [3.05, 3.63) is 83.9 Å². The standard InChI is InChI=1S/C22H17N3O3/c23-13-15-5-1-2-6-18(15)19-7-3-4-8-20(19)22(27)25-16-9-11-17(12-10-16)28-14-21(24)26/h1-12H,14H2,(H2,24,26)(H,25,27). The molecule has 0 radical (unpaired) electrons. The molecule has 0 bridgehead atoms. The molecule has 3 N–H and O–H groups in total. The number of primary amides is 1. The second kappa shape index (κ2) is 8.52. The molecule has 0 atom stereocenters. The Bertz CT molecular complexity index is 1050. The number of hydrogen-bond donors (Lipinski definition) is 2. The molecule has 3 aromatic rings. The minimum Gasteiger partial charge on any atom is -0.484 e. The molecule has 2 amide bonds. The van der Waals surface area contributed by atoms with E-state index in [1.165, 1.54) is 0 Å². The van der Waals surface area contributed by atoms with Crippen LogP contribution in [0.15, 0.2) is 72.8 Å². The highest BCUT2D eigenvalue weighted by Gasteiger charge is 2.15. The van der Waals surface area contributed by atoms with E-state index in [2.05, 4.69) is 11.4 Å². The van der Waals surface area contributed by atoms with Gasteiger partial charge in [-0.3, -0.25) is 9.59 Å². The number of nitriles is 1. The summed E-state index contributed by atoms with van der Waals surface area (Å²) in [6.07, 6.45) is 0. The number of ether oxygens (including phenoxy) is 1. The quantitative estimate of drug-likeness (QED) is 0.693. The molecule has 0 aliphatic heterocycles. The Balaban J connectivity index is 1.82. The van der Waals surface area contributed by atoms with Gasteiger partial charge in [-0.25, -0.2) is 0 Å². The molecule has 0 aliphatic rings. The zero-order chi connectivity index (χ0) is 19.9. The van der Waals surface area contributed by atoms with Gasteiger partial charge in [-0.2, -0.15) is 5.26 Å². The predicted octanol–water partition coefficient (Wildman–Crippen LogP) is 3.34. The van der Waals surface area contributed by atoms with Gasteiger partial charge in [0.15, 0.2) is 6.61 Å². The fourth-order valence-electron chi connectivity index (χ4n) is 2.72.